The van der Waals surface area contributed by atoms with Crippen molar-refractivity contribution in [2.24, 2.45) is 0 Å². The molecule has 80 valence electrons. The molecule has 0 atom stereocenters. The summed E-state index contributed by atoms with van der Waals surface area (Å²) in [7, 11) is 0. The molecule has 15 heavy (non-hydrogen) atoms. The molecule has 0 aliphatic carbocycles. The van der Waals surface area contributed by atoms with E-state index in [1.54, 1.807) is 12.1 Å². The Morgan fingerprint density at radius 1 is 0.933 bits per heavy atom. The van der Waals surface area contributed by atoms with Gasteiger partial charge < -0.3 is 9.47 Å². The van der Waals surface area contributed by atoms with Crippen LogP contribution in [0.15, 0.2) is 0 Å². The summed E-state index contributed by atoms with van der Waals surface area (Å²) in [5.74, 6) is -1.46. The lowest BCUT2D eigenvalue weighted by Gasteiger charge is -2.02. The summed E-state index contributed by atoms with van der Waals surface area (Å²) in [6.45, 7) is -0.0540. The van der Waals surface area contributed by atoms with Crippen LogP contribution >= 0.6 is 0 Å². The van der Waals surface area contributed by atoms with Gasteiger partial charge in [-0.2, -0.15) is 10.5 Å². The van der Waals surface area contributed by atoms with Crippen LogP contribution in [0.3, 0.4) is 0 Å². The SMILES string of the molecule is N#CCCOC(=O)CC(=O)OCCC#N. The predicted molar refractivity (Wildman–Crippen MR) is 47.0 cm³/mol. The van der Waals surface area contributed by atoms with Gasteiger partial charge in [-0.1, -0.05) is 0 Å². The Kier molecular flexibility index (Phi) is 7.33. The van der Waals surface area contributed by atoms with Gasteiger partial charge in [0.05, 0.1) is 25.0 Å². The van der Waals surface area contributed by atoms with E-state index in [1.165, 1.54) is 0 Å². The minimum atomic E-state index is -0.729. The number of nitriles is 2. The van der Waals surface area contributed by atoms with Crippen LogP contribution in [0.25, 0.3) is 0 Å². The zero-order valence-corrected chi connectivity index (χ0v) is 8.06. The van der Waals surface area contributed by atoms with Gasteiger partial charge in [0.15, 0.2) is 0 Å². The Balaban J connectivity index is 3.55. The second kappa shape index (κ2) is 8.52. The van der Waals surface area contributed by atoms with E-state index >= 15 is 0 Å². The Morgan fingerprint density at radius 2 is 1.33 bits per heavy atom. The maximum atomic E-state index is 10.9. The van der Waals surface area contributed by atoms with Crippen molar-refractivity contribution in [1.29, 1.82) is 10.5 Å². The smallest absolute Gasteiger partial charge is 0.317 e. The molecule has 6 heteroatoms. The Labute approximate surface area is 87.0 Å². The number of hydrogen-bond acceptors (Lipinski definition) is 6. The van der Waals surface area contributed by atoms with Crippen molar-refractivity contribution in [2.45, 2.75) is 19.3 Å². The molecule has 0 saturated heterocycles. The summed E-state index contributed by atoms with van der Waals surface area (Å²) in [6, 6.07) is 3.58. The van der Waals surface area contributed by atoms with E-state index in [0.29, 0.717) is 0 Å². The third kappa shape index (κ3) is 8.26. The second-order valence-corrected chi connectivity index (χ2v) is 2.43. The lowest BCUT2D eigenvalue weighted by atomic mass is 10.4. The van der Waals surface area contributed by atoms with Crippen molar-refractivity contribution in [1.82, 2.24) is 0 Å². The molecule has 0 saturated carbocycles. The first-order chi connectivity index (χ1) is 7.20. The summed E-state index contributed by atoms with van der Waals surface area (Å²) in [5, 5.41) is 16.3. The summed E-state index contributed by atoms with van der Waals surface area (Å²) in [6.07, 6.45) is -0.304. The standard InChI is InChI=1S/C9H10N2O4/c10-3-1-5-14-8(12)7-9(13)15-6-2-4-11/h1-2,5-7H2. The van der Waals surface area contributed by atoms with Crippen LogP contribution in [0.2, 0.25) is 0 Å². The first kappa shape index (κ1) is 12.9. The molecule has 0 aliphatic rings. The molecule has 0 N–H and O–H groups in total. The zero-order chi connectivity index (χ0) is 11.5. The lowest BCUT2D eigenvalue weighted by molar-refractivity contribution is -0.154. The minimum Gasteiger partial charge on any atom is -0.464 e. The monoisotopic (exact) mass is 210 g/mol. The van der Waals surface area contributed by atoms with E-state index in [9.17, 15) is 9.59 Å². The maximum absolute atomic E-state index is 10.9. The lowest BCUT2D eigenvalue weighted by Crippen LogP contribution is -2.14. The normalized spacial score (nSPS) is 8.40. The van der Waals surface area contributed by atoms with Gasteiger partial charge in [0, 0.05) is 0 Å². The molecule has 0 spiro atoms. The number of rotatable bonds is 6. The average molecular weight is 210 g/mol. The van der Waals surface area contributed by atoms with E-state index in [0.717, 1.165) is 0 Å². The highest BCUT2D eigenvalue weighted by molar-refractivity contribution is 5.91. The van der Waals surface area contributed by atoms with Gasteiger partial charge in [0.25, 0.3) is 0 Å². The molecule has 0 heterocycles. The van der Waals surface area contributed by atoms with E-state index in [-0.39, 0.29) is 26.1 Å². The molecule has 6 nitrogen and oxygen atoms in total. The van der Waals surface area contributed by atoms with Crippen LogP contribution in [0, 0.1) is 22.7 Å². The number of ether oxygens (including phenoxy) is 2. The fourth-order valence-electron chi connectivity index (χ4n) is 0.641. The van der Waals surface area contributed by atoms with Gasteiger partial charge in [0.2, 0.25) is 0 Å². The third-order valence-electron chi connectivity index (χ3n) is 1.24. The molecule has 0 aliphatic heterocycles. The molecule has 0 radical (unpaired) electrons. The molecule has 0 aromatic rings. The summed E-state index contributed by atoms with van der Waals surface area (Å²) in [5.41, 5.74) is 0. The highest BCUT2D eigenvalue weighted by Crippen LogP contribution is 1.93. The minimum absolute atomic E-state index is 0.0270. The molecule has 0 unspecified atom stereocenters. The van der Waals surface area contributed by atoms with E-state index in [1.807, 2.05) is 0 Å². The second-order valence-electron chi connectivity index (χ2n) is 2.43. The van der Waals surface area contributed by atoms with Gasteiger partial charge in [-0.3, -0.25) is 9.59 Å². The van der Waals surface area contributed by atoms with Crippen LogP contribution < -0.4 is 0 Å². The maximum Gasteiger partial charge on any atom is 0.317 e. The summed E-state index contributed by atoms with van der Waals surface area (Å²) in [4.78, 5) is 21.7. The van der Waals surface area contributed by atoms with Crippen molar-refractivity contribution in [3.63, 3.8) is 0 Å². The first-order valence-electron chi connectivity index (χ1n) is 4.26. The van der Waals surface area contributed by atoms with E-state index in [4.69, 9.17) is 10.5 Å². The molecule has 0 aromatic carbocycles. The molecule has 0 fully saturated rings. The molecular formula is C9H10N2O4. The van der Waals surface area contributed by atoms with Gasteiger partial charge in [-0.05, 0) is 0 Å². The van der Waals surface area contributed by atoms with Crippen molar-refractivity contribution < 1.29 is 19.1 Å². The fraction of sp³-hybridized carbons (Fsp3) is 0.556. The van der Waals surface area contributed by atoms with Crippen molar-refractivity contribution in [3.8, 4) is 12.1 Å². The quantitative estimate of drug-likeness (QED) is 0.355. The Bertz CT molecular complexity index is 270. The number of nitrogens with zero attached hydrogens (tertiary/aromatic N) is 2. The molecule has 0 rings (SSSR count). The molecule has 0 amide bonds. The van der Waals surface area contributed by atoms with Gasteiger partial charge in [0.1, 0.15) is 19.6 Å². The zero-order valence-electron chi connectivity index (χ0n) is 8.06. The number of carbonyl (C=O) groups is 2. The van der Waals surface area contributed by atoms with Crippen molar-refractivity contribution in [3.05, 3.63) is 0 Å². The first-order valence-corrected chi connectivity index (χ1v) is 4.26. The van der Waals surface area contributed by atoms with E-state index < -0.39 is 18.4 Å². The van der Waals surface area contributed by atoms with Crippen LogP contribution in [-0.4, -0.2) is 25.2 Å². The van der Waals surface area contributed by atoms with Gasteiger partial charge in [-0.25, -0.2) is 0 Å². The van der Waals surface area contributed by atoms with Crippen LogP contribution in [0.4, 0.5) is 0 Å². The van der Waals surface area contributed by atoms with Crippen molar-refractivity contribution >= 4 is 11.9 Å². The third-order valence-corrected chi connectivity index (χ3v) is 1.24. The largest absolute Gasteiger partial charge is 0.464 e. The molecular weight excluding hydrogens is 200 g/mol. The van der Waals surface area contributed by atoms with Gasteiger partial charge in [-0.15, -0.1) is 0 Å². The topological polar surface area (TPSA) is 100 Å². The Morgan fingerprint density at radius 3 is 1.67 bits per heavy atom. The van der Waals surface area contributed by atoms with Gasteiger partial charge >= 0.3 is 11.9 Å². The number of esters is 2. The predicted octanol–water partition coefficient (Wildman–Crippen LogP) is 0.290. The number of hydrogen-bond donors (Lipinski definition) is 0. The highest BCUT2D eigenvalue weighted by atomic mass is 16.6. The van der Waals surface area contributed by atoms with Crippen LogP contribution in [0.5, 0.6) is 0 Å². The average Bonchev–Trinajstić information content (AvgIpc) is 2.18. The molecule has 0 bridgehead atoms. The number of carbonyl (C=O) groups excluding carboxylic acids is 2. The summed E-state index contributed by atoms with van der Waals surface area (Å²) < 4.78 is 9.06. The summed E-state index contributed by atoms with van der Waals surface area (Å²) >= 11 is 0. The fourth-order valence-corrected chi connectivity index (χ4v) is 0.641. The Hall–Kier alpha value is -2.08. The van der Waals surface area contributed by atoms with Crippen molar-refractivity contribution in [2.75, 3.05) is 13.2 Å². The highest BCUT2D eigenvalue weighted by Gasteiger charge is 2.11. The van der Waals surface area contributed by atoms with Crippen LogP contribution in [-0.2, 0) is 19.1 Å². The van der Waals surface area contributed by atoms with Crippen LogP contribution in [0.1, 0.15) is 19.3 Å². The molecule has 0 aromatic heterocycles. The van der Waals surface area contributed by atoms with E-state index in [2.05, 4.69) is 9.47 Å².